The minimum absolute atomic E-state index is 0.383. The van der Waals surface area contributed by atoms with Crippen LogP contribution in [0.2, 0.25) is 0 Å². The van der Waals surface area contributed by atoms with Crippen LogP contribution in [0.4, 0.5) is 0 Å². The van der Waals surface area contributed by atoms with Crippen LogP contribution < -0.4 is 0 Å². The van der Waals surface area contributed by atoms with Crippen molar-refractivity contribution in [2.45, 2.75) is 31.7 Å². The van der Waals surface area contributed by atoms with Crippen molar-refractivity contribution < 1.29 is 0 Å². The quantitative estimate of drug-likeness (QED) is 0.665. The lowest BCUT2D eigenvalue weighted by atomic mass is 9.80. The Bertz CT molecular complexity index is 303. The number of rotatable bonds is 1. The molecule has 1 aliphatic carbocycles. The van der Waals surface area contributed by atoms with Crippen molar-refractivity contribution >= 4 is 11.3 Å². The van der Waals surface area contributed by atoms with Crippen LogP contribution in [-0.4, -0.2) is 24.5 Å². The third kappa shape index (κ3) is 1.53. The van der Waals surface area contributed by atoms with Crippen LogP contribution in [0, 0.1) is 0 Å². The Morgan fingerprint density at radius 3 is 2.69 bits per heavy atom. The summed E-state index contributed by atoms with van der Waals surface area (Å²) in [6, 6.07) is 0. The molecule has 13 heavy (non-hydrogen) atoms. The van der Waals surface area contributed by atoms with Crippen LogP contribution in [0.3, 0.4) is 0 Å². The van der Waals surface area contributed by atoms with Crippen LogP contribution >= 0.6 is 11.3 Å². The number of likely N-dealkylation sites (N-methyl/N-ethyl adjacent to an activating group) is 1. The van der Waals surface area contributed by atoms with Crippen LogP contribution in [0.5, 0.6) is 0 Å². The Labute approximate surface area is 84.4 Å². The second kappa shape index (κ2) is 3.10. The molecule has 72 valence electrons. The second-order valence-corrected chi connectivity index (χ2v) is 5.23. The normalized spacial score (nSPS) is 27.7. The lowest BCUT2D eigenvalue weighted by molar-refractivity contribution is 0.152. The third-order valence-corrected chi connectivity index (χ3v) is 4.26. The standard InChI is InChI=1S/C11H17NS/c1-11(12(2)3)5-4-9-7-13-8-10(9)6-11/h7-8H,4-6H2,1-3H3. The molecule has 0 N–H and O–H groups in total. The maximum atomic E-state index is 2.37. The summed E-state index contributed by atoms with van der Waals surface area (Å²) in [5, 5.41) is 4.63. The number of aryl methyl sites for hydroxylation is 1. The van der Waals surface area contributed by atoms with Crippen LogP contribution in [0.25, 0.3) is 0 Å². The third-order valence-electron chi connectivity index (χ3n) is 3.42. The van der Waals surface area contributed by atoms with Gasteiger partial charge in [-0.05, 0) is 62.2 Å². The summed E-state index contributed by atoms with van der Waals surface area (Å²) >= 11 is 1.85. The molecule has 1 nitrogen and oxygen atoms in total. The minimum Gasteiger partial charge on any atom is -0.304 e. The molecule has 0 amide bonds. The summed E-state index contributed by atoms with van der Waals surface area (Å²) in [5.74, 6) is 0. The van der Waals surface area contributed by atoms with Gasteiger partial charge in [0, 0.05) is 5.54 Å². The first-order chi connectivity index (χ1) is 6.12. The van der Waals surface area contributed by atoms with Crippen molar-refractivity contribution in [3.63, 3.8) is 0 Å². The number of fused-ring (bicyclic) bond motifs is 1. The van der Waals surface area contributed by atoms with E-state index in [-0.39, 0.29) is 0 Å². The van der Waals surface area contributed by atoms with Crippen molar-refractivity contribution in [2.24, 2.45) is 0 Å². The highest BCUT2D eigenvalue weighted by Crippen LogP contribution is 2.33. The molecule has 1 atom stereocenters. The fourth-order valence-corrected chi connectivity index (χ4v) is 2.91. The molecule has 0 aliphatic heterocycles. The zero-order valence-electron chi connectivity index (χ0n) is 8.63. The molecular weight excluding hydrogens is 178 g/mol. The first kappa shape index (κ1) is 9.22. The zero-order chi connectivity index (χ0) is 9.47. The average molecular weight is 195 g/mol. The number of nitrogens with zero attached hydrogens (tertiary/aromatic N) is 1. The van der Waals surface area contributed by atoms with E-state index in [1.54, 1.807) is 11.1 Å². The van der Waals surface area contributed by atoms with Gasteiger partial charge in [0.05, 0.1) is 0 Å². The molecule has 0 fully saturated rings. The molecule has 1 heterocycles. The maximum Gasteiger partial charge on any atom is 0.0219 e. The molecule has 0 saturated carbocycles. The van der Waals surface area contributed by atoms with Gasteiger partial charge in [0.25, 0.3) is 0 Å². The minimum atomic E-state index is 0.383. The van der Waals surface area contributed by atoms with E-state index in [0.717, 1.165) is 0 Å². The number of hydrogen-bond acceptors (Lipinski definition) is 2. The van der Waals surface area contributed by atoms with Crippen LogP contribution in [0.1, 0.15) is 24.5 Å². The highest BCUT2D eigenvalue weighted by atomic mass is 32.1. The lowest BCUT2D eigenvalue weighted by Gasteiger charge is -2.39. The highest BCUT2D eigenvalue weighted by molar-refractivity contribution is 7.08. The molecule has 0 bridgehead atoms. The number of hydrogen-bond donors (Lipinski definition) is 0. The largest absolute Gasteiger partial charge is 0.304 e. The Hall–Kier alpha value is -0.340. The summed E-state index contributed by atoms with van der Waals surface area (Å²) in [4.78, 5) is 2.37. The predicted molar refractivity (Wildman–Crippen MR) is 58.4 cm³/mol. The molecule has 0 radical (unpaired) electrons. The topological polar surface area (TPSA) is 3.24 Å². The summed E-state index contributed by atoms with van der Waals surface area (Å²) in [6.07, 6.45) is 3.77. The fraction of sp³-hybridized carbons (Fsp3) is 0.636. The molecule has 2 rings (SSSR count). The Morgan fingerprint density at radius 2 is 2.00 bits per heavy atom. The van der Waals surface area contributed by atoms with Gasteiger partial charge in [-0.1, -0.05) is 0 Å². The van der Waals surface area contributed by atoms with Crippen molar-refractivity contribution in [3.8, 4) is 0 Å². The van der Waals surface area contributed by atoms with E-state index in [4.69, 9.17) is 0 Å². The molecule has 0 saturated heterocycles. The van der Waals surface area contributed by atoms with Gasteiger partial charge in [-0.25, -0.2) is 0 Å². The van der Waals surface area contributed by atoms with Crippen molar-refractivity contribution in [1.82, 2.24) is 4.90 Å². The lowest BCUT2D eigenvalue weighted by Crippen LogP contribution is -2.45. The van der Waals surface area contributed by atoms with E-state index in [9.17, 15) is 0 Å². The predicted octanol–water partition coefficient (Wildman–Crippen LogP) is 2.56. The van der Waals surface area contributed by atoms with E-state index in [2.05, 4.69) is 36.7 Å². The molecule has 1 unspecified atom stereocenters. The van der Waals surface area contributed by atoms with E-state index in [1.165, 1.54) is 19.3 Å². The van der Waals surface area contributed by atoms with Crippen molar-refractivity contribution in [1.29, 1.82) is 0 Å². The summed E-state index contributed by atoms with van der Waals surface area (Å²) in [7, 11) is 4.38. The van der Waals surface area contributed by atoms with Gasteiger partial charge in [-0.3, -0.25) is 0 Å². The summed E-state index contributed by atoms with van der Waals surface area (Å²) in [5.41, 5.74) is 3.55. The average Bonchev–Trinajstić information content (AvgIpc) is 2.50. The van der Waals surface area contributed by atoms with Crippen molar-refractivity contribution in [3.05, 3.63) is 21.9 Å². The van der Waals surface area contributed by atoms with Gasteiger partial charge in [0.2, 0.25) is 0 Å². The molecule has 0 spiro atoms. The van der Waals surface area contributed by atoms with Gasteiger partial charge >= 0.3 is 0 Å². The summed E-state index contributed by atoms with van der Waals surface area (Å²) < 4.78 is 0. The SMILES string of the molecule is CN(C)C1(C)CCc2cscc2C1. The molecule has 2 heteroatoms. The van der Waals surface area contributed by atoms with Gasteiger partial charge in [-0.2, -0.15) is 11.3 Å². The van der Waals surface area contributed by atoms with E-state index in [1.807, 2.05) is 11.3 Å². The van der Waals surface area contributed by atoms with Gasteiger partial charge in [0.15, 0.2) is 0 Å². The summed E-state index contributed by atoms with van der Waals surface area (Å²) in [6.45, 7) is 2.37. The van der Waals surface area contributed by atoms with Gasteiger partial charge < -0.3 is 4.90 Å². The van der Waals surface area contributed by atoms with E-state index < -0.39 is 0 Å². The van der Waals surface area contributed by atoms with E-state index >= 15 is 0 Å². The fourth-order valence-electron chi connectivity index (χ4n) is 2.01. The van der Waals surface area contributed by atoms with Crippen LogP contribution in [-0.2, 0) is 12.8 Å². The zero-order valence-corrected chi connectivity index (χ0v) is 9.45. The molecule has 1 aliphatic rings. The monoisotopic (exact) mass is 195 g/mol. The Kier molecular flexibility index (Phi) is 2.20. The first-order valence-corrected chi connectivity index (χ1v) is 5.77. The molecule has 0 aromatic carbocycles. The highest BCUT2D eigenvalue weighted by Gasteiger charge is 2.31. The van der Waals surface area contributed by atoms with Crippen LogP contribution in [0.15, 0.2) is 10.8 Å². The van der Waals surface area contributed by atoms with Crippen molar-refractivity contribution in [2.75, 3.05) is 14.1 Å². The smallest absolute Gasteiger partial charge is 0.0219 e. The number of thiophene rings is 1. The Morgan fingerprint density at radius 1 is 1.31 bits per heavy atom. The maximum absolute atomic E-state index is 2.37. The first-order valence-electron chi connectivity index (χ1n) is 4.83. The molecule has 1 aromatic heterocycles. The van der Waals surface area contributed by atoms with Gasteiger partial charge in [-0.15, -0.1) is 0 Å². The molecule has 1 aromatic rings. The second-order valence-electron chi connectivity index (χ2n) is 4.49. The van der Waals surface area contributed by atoms with Gasteiger partial charge in [0.1, 0.15) is 0 Å². The Balaban J connectivity index is 2.25. The van der Waals surface area contributed by atoms with E-state index in [0.29, 0.717) is 5.54 Å². The molecular formula is C11H17NS.